The van der Waals surface area contributed by atoms with Gasteiger partial charge in [-0.3, -0.25) is 4.79 Å². The van der Waals surface area contributed by atoms with Gasteiger partial charge < -0.3 is 15.4 Å². The Bertz CT molecular complexity index is 434. The molecule has 0 heterocycles. The standard InChI is InChI=1S/C15H22N2O2/c1-17(15(18)11-19-10-9-16)14-8-4-6-12-5-2-3-7-13(12)14/h2-3,5,7,14H,4,6,8-11,16H2,1H3. The van der Waals surface area contributed by atoms with Gasteiger partial charge in [-0.05, 0) is 30.4 Å². The number of nitrogens with two attached hydrogens (primary N) is 1. The Hall–Kier alpha value is -1.39. The quantitative estimate of drug-likeness (QED) is 0.818. The summed E-state index contributed by atoms with van der Waals surface area (Å²) in [6, 6.07) is 8.57. The zero-order valence-electron chi connectivity index (χ0n) is 11.5. The Kier molecular flexibility index (Phi) is 4.93. The number of carbonyl (C=O) groups excluding carboxylic acids is 1. The van der Waals surface area contributed by atoms with E-state index < -0.39 is 0 Å². The van der Waals surface area contributed by atoms with E-state index in [1.807, 2.05) is 18.0 Å². The van der Waals surface area contributed by atoms with Crippen molar-refractivity contribution in [3.05, 3.63) is 35.4 Å². The second kappa shape index (κ2) is 6.68. The van der Waals surface area contributed by atoms with Crippen molar-refractivity contribution >= 4 is 5.91 Å². The SMILES string of the molecule is CN(C(=O)COCCN)C1CCCc2ccccc21. The van der Waals surface area contributed by atoms with Crippen LogP contribution in [-0.2, 0) is 16.0 Å². The van der Waals surface area contributed by atoms with Crippen LogP contribution in [0.1, 0.15) is 30.0 Å². The van der Waals surface area contributed by atoms with Crippen LogP contribution in [0.4, 0.5) is 0 Å². The molecule has 0 spiro atoms. The molecule has 1 amide bonds. The van der Waals surface area contributed by atoms with Gasteiger partial charge in [-0.2, -0.15) is 0 Å². The Morgan fingerprint density at radius 2 is 2.26 bits per heavy atom. The summed E-state index contributed by atoms with van der Waals surface area (Å²) in [5.74, 6) is 0.0233. The van der Waals surface area contributed by atoms with Gasteiger partial charge in [0.1, 0.15) is 6.61 Å². The number of aryl methyl sites for hydroxylation is 1. The van der Waals surface area contributed by atoms with Crippen molar-refractivity contribution in [3.8, 4) is 0 Å². The van der Waals surface area contributed by atoms with Crippen molar-refractivity contribution < 1.29 is 9.53 Å². The first-order valence-electron chi connectivity index (χ1n) is 6.85. The van der Waals surface area contributed by atoms with Gasteiger partial charge in [0.25, 0.3) is 0 Å². The highest BCUT2D eigenvalue weighted by atomic mass is 16.5. The van der Waals surface area contributed by atoms with E-state index in [0.717, 1.165) is 19.3 Å². The summed E-state index contributed by atoms with van der Waals surface area (Å²) in [5.41, 5.74) is 7.99. The first-order chi connectivity index (χ1) is 9.24. The second-order valence-corrected chi connectivity index (χ2v) is 4.95. The van der Waals surface area contributed by atoms with Crippen LogP contribution in [0.25, 0.3) is 0 Å². The van der Waals surface area contributed by atoms with E-state index in [9.17, 15) is 4.79 Å². The van der Waals surface area contributed by atoms with Crippen LogP contribution in [0.15, 0.2) is 24.3 Å². The summed E-state index contributed by atoms with van der Waals surface area (Å²) in [5, 5.41) is 0. The lowest BCUT2D eigenvalue weighted by Crippen LogP contribution is -2.36. The van der Waals surface area contributed by atoms with Crippen LogP contribution in [-0.4, -0.2) is 37.6 Å². The minimum atomic E-state index is 0.0233. The third kappa shape index (κ3) is 3.33. The highest BCUT2D eigenvalue weighted by Crippen LogP contribution is 2.33. The van der Waals surface area contributed by atoms with Crippen LogP contribution in [0.3, 0.4) is 0 Å². The van der Waals surface area contributed by atoms with Gasteiger partial charge in [0.2, 0.25) is 5.91 Å². The molecule has 19 heavy (non-hydrogen) atoms. The molecule has 104 valence electrons. The summed E-state index contributed by atoms with van der Waals surface area (Å²) >= 11 is 0. The molecule has 1 aromatic carbocycles. The van der Waals surface area contributed by atoms with Gasteiger partial charge in [0.15, 0.2) is 0 Å². The molecule has 1 aromatic rings. The number of likely N-dealkylation sites (N-methyl/N-ethyl adjacent to an activating group) is 1. The topological polar surface area (TPSA) is 55.6 Å². The molecule has 1 unspecified atom stereocenters. The number of benzene rings is 1. The summed E-state index contributed by atoms with van der Waals surface area (Å²) in [6.45, 7) is 0.996. The van der Waals surface area contributed by atoms with Crippen molar-refractivity contribution in [1.82, 2.24) is 4.90 Å². The van der Waals surface area contributed by atoms with Crippen molar-refractivity contribution in [2.75, 3.05) is 26.8 Å². The van der Waals surface area contributed by atoms with Crippen molar-refractivity contribution in [1.29, 1.82) is 0 Å². The second-order valence-electron chi connectivity index (χ2n) is 4.95. The molecule has 1 aliphatic rings. The maximum atomic E-state index is 12.1. The lowest BCUT2D eigenvalue weighted by Gasteiger charge is -2.33. The highest BCUT2D eigenvalue weighted by molar-refractivity contribution is 5.77. The van der Waals surface area contributed by atoms with Crippen LogP contribution in [0.2, 0.25) is 0 Å². The molecule has 4 nitrogen and oxygen atoms in total. The maximum Gasteiger partial charge on any atom is 0.248 e. The van der Waals surface area contributed by atoms with E-state index in [1.165, 1.54) is 11.1 Å². The summed E-state index contributed by atoms with van der Waals surface area (Å²) < 4.78 is 5.23. The van der Waals surface area contributed by atoms with E-state index in [1.54, 1.807) is 0 Å². The highest BCUT2D eigenvalue weighted by Gasteiger charge is 2.26. The molecule has 1 aliphatic carbocycles. The zero-order valence-corrected chi connectivity index (χ0v) is 11.5. The van der Waals surface area contributed by atoms with E-state index in [-0.39, 0.29) is 18.6 Å². The van der Waals surface area contributed by atoms with E-state index in [4.69, 9.17) is 10.5 Å². The van der Waals surface area contributed by atoms with Gasteiger partial charge in [-0.25, -0.2) is 0 Å². The molecule has 0 radical (unpaired) electrons. The van der Waals surface area contributed by atoms with Gasteiger partial charge in [0, 0.05) is 13.6 Å². The molecule has 0 saturated heterocycles. The zero-order chi connectivity index (χ0) is 13.7. The Morgan fingerprint density at radius 1 is 1.47 bits per heavy atom. The van der Waals surface area contributed by atoms with E-state index >= 15 is 0 Å². The Labute approximate surface area is 114 Å². The van der Waals surface area contributed by atoms with E-state index in [2.05, 4.69) is 18.2 Å². The number of hydrogen-bond donors (Lipinski definition) is 1. The van der Waals surface area contributed by atoms with Crippen LogP contribution < -0.4 is 5.73 Å². The lowest BCUT2D eigenvalue weighted by molar-refractivity contribution is -0.137. The number of amides is 1. The van der Waals surface area contributed by atoms with E-state index in [0.29, 0.717) is 13.2 Å². The minimum Gasteiger partial charge on any atom is -0.370 e. The first-order valence-corrected chi connectivity index (χ1v) is 6.85. The molecule has 4 heteroatoms. The number of rotatable bonds is 5. The van der Waals surface area contributed by atoms with Crippen LogP contribution in [0, 0.1) is 0 Å². The Morgan fingerprint density at radius 3 is 3.05 bits per heavy atom. The lowest BCUT2D eigenvalue weighted by atomic mass is 9.87. The average Bonchev–Trinajstić information content (AvgIpc) is 2.46. The predicted molar refractivity (Wildman–Crippen MR) is 74.8 cm³/mol. The third-order valence-corrected chi connectivity index (χ3v) is 3.69. The number of ether oxygens (including phenoxy) is 1. The fourth-order valence-electron chi connectivity index (χ4n) is 2.65. The molecule has 2 N–H and O–H groups in total. The number of nitrogens with zero attached hydrogens (tertiary/aromatic N) is 1. The molecular weight excluding hydrogens is 240 g/mol. The first kappa shape index (κ1) is 14.0. The number of carbonyl (C=O) groups is 1. The third-order valence-electron chi connectivity index (χ3n) is 3.69. The monoisotopic (exact) mass is 262 g/mol. The van der Waals surface area contributed by atoms with Crippen molar-refractivity contribution in [2.24, 2.45) is 5.73 Å². The molecule has 0 fully saturated rings. The smallest absolute Gasteiger partial charge is 0.248 e. The number of hydrogen-bond acceptors (Lipinski definition) is 3. The van der Waals surface area contributed by atoms with Crippen LogP contribution >= 0.6 is 0 Å². The minimum absolute atomic E-state index is 0.0233. The van der Waals surface area contributed by atoms with Crippen molar-refractivity contribution in [2.45, 2.75) is 25.3 Å². The van der Waals surface area contributed by atoms with Crippen molar-refractivity contribution in [3.63, 3.8) is 0 Å². The predicted octanol–water partition coefficient (Wildman–Crippen LogP) is 1.50. The molecule has 0 saturated carbocycles. The summed E-state index contributed by atoms with van der Waals surface area (Å²) in [7, 11) is 1.86. The van der Waals surface area contributed by atoms with Gasteiger partial charge in [0.05, 0.1) is 12.6 Å². The molecule has 2 rings (SSSR count). The normalized spacial score (nSPS) is 17.9. The fourth-order valence-corrected chi connectivity index (χ4v) is 2.65. The molecular formula is C15H22N2O2. The average molecular weight is 262 g/mol. The molecule has 1 atom stereocenters. The van der Waals surface area contributed by atoms with Crippen LogP contribution in [0.5, 0.6) is 0 Å². The summed E-state index contributed by atoms with van der Waals surface area (Å²) in [6.07, 6.45) is 3.26. The summed E-state index contributed by atoms with van der Waals surface area (Å²) in [4.78, 5) is 13.9. The molecule has 0 aromatic heterocycles. The molecule has 0 aliphatic heterocycles. The number of fused-ring (bicyclic) bond motifs is 1. The fraction of sp³-hybridized carbons (Fsp3) is 0.533. The van der Waals surface area contributed by atoms with Gasteiger partial charge >= 0.3 is 0 Å². The Balaban J connectivity index is 2.04. The van der Waals surface area contributed by atoms with Gasteiger partial charge in [-0.1, -0.05) is 24.3 Å². The molecule has 0 bridgehead atoms. The largest absolute Gasteiger partial charge is 0.370 e. The maximum absolute atomic E-state index is 12.1. The van der Waals surface area contributed by atoms with Gasteiger partial charge in [-0.15, -0.1) is 0 Å².